The topological polar surface area (TPSA) is 55.1 Å². The molecular weight excluding hydrogens is 200 g/mol. The summed E-state index contributed by atoms with van der Waals surface area (Å²) in [6.07, 6.45) is 0.838. The maximum Gasteiger partial charge on any atom is 0.236 e. The van der Waals surface area contributed by atoms with Gasteiger partial charge in [-0.3, -0.25) is 4.79 Å². The average molecular weight is 220 g/mol. The number of benzene rings is 1. The fraction of sp³-hybridized carbons (Fsp3) is 0.462. The molecule has 0 saturated carbocycles. The maximum absolute atomic E-state index is 11.4. The Bertz CT molecular complexity index is 361. The van der Waals surface area contributed by atoms with Gasteiger partial charge in [-0.2, -0.15) is 0 Å². The molecule has 0 saturated heterocycles. The maximum atomic E-state index is 11.4. The first-order chi connectivity index (χ1) is 7.50. The number of aryl methyl sites for hydroxylation is 1. The van der Waals surface area contributed by atoms with Crippen LogP contribution in [0.15, 0.2) is 24.3 Å². The van der Waals surface area contributed by atoms with Crippen molar-refractivity contribution in [1.82, 2.24) is 5.32 Å². The number of nitrogens with two attached hydrogens (primary N) is 1. The van der Waals surface area contributed by atoms with E-state index in [9.17, 15) is 4.79 Å². The van der Waals surface area contributed by atoms with Gasteiger partial charge in [-0.15, -0.1) is 0 Å². The summed E-state index contributed by atoms with van der Waals surface area (Å²) in [4.78, 5) is 11.4. The van der Waals surface area contributed by atoms with E-state index in [-0.39, 0.29) is 11.9 Å². The van der Waals surface area contributed by atoms with Crippen molar-refractivity contribution in [1.29, 1.82) is 0 Å². The normalized spacial score (nSPS) is 14.2. The Morgan fingerprint density at radius 1 is 1.38 bits per heavy atom. The van der Waals surface area contributed by atoms with Crippen LogP contribution in [0.25, 0.3) is 0 Å². The number of nitrogens with one attached hydrogen (secondary N) is 1. The Kier molecular flexibility index (Phi) is 4.50. The number of amides is 1. The van der Waals surface area contributed by atoms with E-state index in [1.165, 1.54) is 11.1 Å². The molecule has 88 valence electrons. The van der Waals surface area contributed by atoms with E-state index in [1.807, 2.05) is 19.1 Å². The molecule has 1 aromatic carbocycles. The summed E-state index contributed by atoms with van der Waals surface area (Å²) >= 11 is 0. The summed E-state index contributed by atoms with van der Waals surface area (Å²) in [7, 11) is 0. The van der Waals surface area contributed by atoms with Crippen LogP contribution in [0.5, 0.6) is 0 Å². The van der Waals surface area contributed by atoms with Gasteiger partial charge in [0.2, 0.25) is 5.91 Å². The van der Waals surface area contributed by atoms with E-state index >= 15 is 0 Å². The Morgan fingerprint density at radius 2 is 2.00 bits per heavy atom. The fourth-order valence-corrected chi connectivity index (χ4v) is 1.59. The lowest BCUT2D eigenvalue weighted by Gasteiger charge is -2.16. The molecule has 1 rings (SSSR count). The highest BCUT2D eigenvalue weighted by Crippen LogP contribution is 2.09. The lowest BCUT2D eigenvalue weighted by Crippen LogP contribution is -2.43. The Labute approximate surface area is 97.0 Å². The largest absolute Gasteiger partial charge is 0.352 e. The van der Waals surface area contributed by atoms with Crippen molar-refractivity contribution in [2.45, 2.75) is 39.3 Å². The summed E-state index contributed by atoms with van der Waals surface area (Å²) < 4.78 is 0. The van der Waals surface area contributed by atoms with Gasteiger partial charge >= 0.3 is 0 Å². The molecule has 16 heavy (non-hydrogen) atoms. The molecule has 1 amide bonds. The lowest BCUT2D eigenvalue weighted by atomic mass is 10.0. The zero-order chi connectivity index (χ0) is 12.1. The quantitative estimate of drug-likeness (QED) is 0.805. The van der Waals surface area contributed by atoms with Crippen molar-refractivity contribution in [2.24, 2.45) is 5.73 Å². The first-order valence-electron chi connectivity index (χ1n) is 5.61. The summed E-state index contributed by atoms with van der Waals surface area (Å²) in [6, 6.07) is 7.87. The van der Waals surface area contributed by atoms with Crippen LogP contribution in [0, 0.1) is 6.92 Å². The minimum atomic E-state index is -0.445. The van der Waals surface area contributed by atoms with E-state index in [2.05, 4.69) is 24.4 Å². The van der Waals surface area contributed by atoms with Gasteiger partial charge < -0.3 is 11.1 Å². The molecule has 3 N–H and O–H groups in total. The molecule has 0 aliphatic heterocycles. The van der Waals surface area contributed by atoms with Crippen LogP contribution in [-0.4, -0.2) is 18.0 Å². The summed E-state index contributed by atoms with van der Waals surface area (Å²) in [5.41, 5.74) is 8.01. The fourth-order valence-electron chi connectivity index (χ4n) is 1.59. The standard InChI is InChI=1S/C13H20N2O/c1-9-6-4-5-7-12(9)8-10(2)15-13(16)11(3)14/h4-7,10-11H,8,14H2,1-3H3,(H,15,16). The Hall–Kier alpha value is -1.35. The van der Waals surface area contributed by atoms with E-state index in [0.29, 0.717) is 0 Å². The number of carbonyl (C=O) groups is 1. The predicted octanol–water partition coefficient (Wildman–Crippen LogP) is 1.39. The van der Waals surface area contributed by atoms with Gasteiger partial charge in [0.1, 0.15) is 0 Å². The molecule has 2 unspecified atom stereocenters. The molecular formula is C13H20N2O. The first-order valence-corrected chi connectivity index (χ1v) is 5.61. The van der Waals surface area contributed by atoms with Crippen molar-refractivity contribution < 1.29 is 4.79 Å². The van der Waals surface area contributed by atoms with Crippen molar-refractivity contribution in [2.75, 3.05) is 0 Å². The summed E-state index contributed by atoms with van der Waals surface area (Å²) in [5, 5.41) is 2.89. The SMILES string of the molecule is Cc1ccccc1CC(C)NC(=O)C(C)N. The van der Waals surface area contributed by atoms with Gasteiger partial charge in [-0.1, -0.05) is 24.3 Å². The van der Waals surface area contributed by atoms with Crippen LogP contribution < -0.4 is 11.1 Å². The summed E-state index contributed by atoms with van der Waals surface area (Å²) in [6.45, 7) is 5.76. The zero-order valence-electron chi connectivity index (χ0n) is 10.2. The van der Waals surface area contributed by atoms with E-state index in [1.54, 1.807) is 6.92 Å². The van der Waals surface area contributed by atoms with Crippen LogP contribution in [0.1, 0.15) is 25.0 Å². The molecule has 0 spiro atoms. The smallest absolute Gasteiger partial charge is 0.236 e. The molecule has 0 aliphatic carbocycles. The van der Waals surface area contributed by atoms with Crippen molar-refractivity contribution in [3.63, 3.8) is 0 Å². The third kappa shape index (κ3) is 3.66. The van der Waals surface area contributed by atoms with Crippen molar-refractivity contribution in [3.05, 3.63) is 35.4 Å². The molecule has 1 aromatic rings. The van der Waals surface area contributed by atoms with Gasteiger partial charge in [-0.05, 0) is 38.3 Å². The molecule has 0 fully saturated rings. The van der Waals surface area contributed by atoms with Crippen LogP contribution in [-0.2, 0) is 11.2 Å². The second kappa shape index (κ2) is 5.66. The van der Waals surface area contributed by atoms with Crippen LogP contribution in [0.3, 0.4) is 0 Å². The third-order valence-corrected chi connectivity index (χ3v) is 2.59. The van der Waals surface area contributed by atoms with Gasteiger partial charge in [0, 0.05) is 6.04 Å². The molecule has 0 bridgehead atoms. The average Bonchev–Trinajstić information content (AvgIpc) is 2.21. The first kappa shape index (κ1) is 12.7. The molecule has 0 heterocycles. The third-order valence-electron chi connectivity index (χ3n) is 2.59. The van der Waals surface area contributed by atoms with Gasteiger partial charge in [-0.25, -0.2) is 0 Å². The molecule has 0 aromatic heterocycles. The number of carbonyl (C=O) groups excluding carboxylic acids is 1. The molecule has 3 heteroatoms. The van der Waals surface area contributed by atoms with Gasteiger partial charge in [0.25, 0.3) is 0 Å². The zero-order valence-corrected chi connectivity index (χ0v) is 10.2. The Balaban J connectivity index is 2.55. The van der Waals surface area contributed by atoms with Crippen LogP contribution >= 0.6 is 0 Å². The van der Waals surface area contributed by atoms with E-state index in [0.717, 1.165) is 6.42 Å². The van der Waals surface area contributed by atoms with Crippen molar-refractivity contribution in [3.8, 4) is 0 Å². The van der Waals surface area contributed by atoms with E-state index < -0.39 is 6.04 Å². The minimum Gasteiger partial charge on any atom is -0.352 e. The number of hydrogen-bond acceptors (Lipinski definition) is 2. The Morgan fingerprint density at radius 3 is 2.56 bits per heavy atom. The van der Waals surface area contributed by atoms with Crippen molar-refractivity contribution >= 4 is 5.91 Å². The monoisotopic (exact) mass is 220 g/mol. The lowest BCUT2D eigenvalue weighted by molar-refractivity contribution is -0.122. The van der Waals surface area contributed by atoms with Gasteiger partial charge in [0.05, 0.1) is 6.04 Å². The molecule has 0 radical (unpaired) electrons. The molecule has 3 nitrogen and oxygen atoms in total. The van der Waals surface area contributed by atoms with Gasteiger partial charge in [0.15, 0.2) is 0 Å². The second-order valence-corrected chi connectivity index (χ2v) is 4.33. The predicted molar refractivity (Wildman–Crippen MR) is 66.1 cm³/mol. The number of rotatable bonds is 4. The summed E-state index contributed by atoms with van der Waals surface area (Å²) in [5.74, 6) is -0.0962. The highest BCUT2D eigenvalue weighted by atomic mass is 16.2. The minimum absolute atomic E-state index is 0.0962. The van der Waals surface area contributed by atoms with Crippen LogP contribution in [0.4, 0.5) is 0 Å². The molecule has 0 aliphatic rings. The highest BCUT2D eigenvalue weighted by molar-refractivity contribution is 5.81. The number of hydrogen-bond donors (Lipinski definition) is 2. The highest BCUT2D eigenvalue weighted by Gasteiger charge is 2.11. The molecule has 2 atom stereocenters. The second-order valence-electron chi connectivity index (χ2n) is 4.33. The van der Waals surface area contributed by atoms with Crippen LogP contribution in [0.2, 0.25) is 0 Å². The van der Waals surface area contributed by atoms with E-state index in [4.69, 9.17) is 5.73 Å².